The van der Waals surface area contributed by atoms with Crippen molar-refractivity contribution in [3.63, 3.8) is 0 Å². The highest BCUT2D eigenvalue weighted by Crippen LogP contribution is 2.47. The fraction of sp³-hybridized carbons (Fsp3) is 0.320. The Bertz CT molecular complexity index is 1430. The molecule has 5 heterocycles. The number of nitrogens with zero attached hydrogens (tertiary/aromatic N) is 7. The van der Waals surface area contributed by atoms with Crippen LogP contribution in [0.5, 0.6) is 0 Å². The lowest BCUT2D eigenvalue weighted by atomic mass is 9.90. The molecule has 3 unspecified atom stereocenters. The zero-order valence-corrected chi connectivity index (χ0v) is 18.5. The lowest BCUT2D eigenvalue weighted by Crippen LogP contribution is -2.38. The number of rotatable bonds is 3. The van der Waals surface area contributed by atoms with Crippen LogP contribution in [-0.2, 0) is 11.8 Å². The summed E-state index contributed by atoms with van der Waals surface area (Å²) in [5.41, 5.74) is 6.21. The fourth-order valence-electron chi connectivity index (χ4n) is 5.64. The van der Waals surface area contributed by atoms with Crippen LogP contribution in [0.25, 0.3) is 27.8 Å². The first-order valence-corrected chi connectivity index (χ1v) is 11.2. The number of amides is 1. The van der Waals surface area contributed by atoms with Gasteiger partial charge in [0.25, 0.3) is 0 Å². The van der Waals surface area contributed by atoms with Crippen LogP contribution >= 0.6 is 0 Å². The van der Waals surface area contributed by atoms with E-state index in [1.807, 2.05) is 36.7 Å². The molecule has 164 valence electrons. The number of piperidine rings is 1. The van der Waals surface area contributed by atoms with Gasteiger partial charge in [0.05, 0.1) is 23.5 Å². The molecule has 4 aromatic rings. The van der Waals surface area contributed by atoms with E-state index in [1.165, 1.54) is 0 Å². The van der Waals surface area contributed by atoms with Gasteiger partial charge in [0.15, 0.2) is 0 Å². The Morgan fingerprint density at radius 3 is 2.61 bits per heavy atom. The van der Waals surface area contributed by atoms with Crippen molar-refractivity contribution in [1.29, 1.82) is 5.26 Å². The first-order valence-electron chi connectivity index (χ1n) is 11.2. The van der Waals surface area contributed by atoms with E-state index in [0.29, 0.717) is 23.4 Å². The number of hydrogen-bond acceptors (Lipinski definition) is 5. The summed E-state index contributed by atoms with van der Waals surface area (Å²) >= 11 is 0. The van der Waals surface area contributed by atoms with Crippen molar-refractivity contribution in [2.24, 2.45) is 13.0 Å². The molecule has 0 radical (unpaired) electrons. The molecule has 1 aliphatic carbocycles. The fourth-order valence-corrected chi connectivity index (χ4v) is 5.64. The van der Waals surface area contributed by atoms with Crippen LogP contribution in [0.1, 0.15) is 36.9 Å². The van der Waals surface area contributed by atoms with Crippen LogP contribution in [-0.4, -0.2) is 47.8 Å². The van der Waals surface area contributed by atoms with Gasteiger partial charge in [-0.1, -0.05) is 6.07 Å². The van der Waals surface area contributed by atoms with Gasteiger partial charge >= 0.3 is 0 Å². The van der Waals surface area contributed by atoms with E-state index in [4.69, 9.17) is 4.98 Å². The number of pyridine rings is 2. The normalized spacial score (nSPS) is 21.6. The number of aryl methyl sites for hydroxylation is 1. The van der Waals surface area contributed by atoms with Gasteiger partial charge < -0.3 is 4.90 Å². The van der Waals surface area contributed by atoms with Crippen LogP contribution in [0, 0.1) is 17.2 Å². The second-order valence-electron chi connectivity index (χ2n) is 9.14. The second-order valence-corrected chi connectivity index (χ2v) is 9.14. The summed E-state index contributed by atoms with van der Waals surface area (Å²) in [6.45, 7) is 2.50. The Kier molecular flexibility index (Phi) is 4.34. The Hall–Kier alpha value is -3.99. The number of fused-ring (bicyclic) bond motifs is 3. The highest BCUT2D eigenvalue weighted by molar-refractivity contribution is 5.87. The number of carbonyl (C=O) groups is 1. The van der Waals surface area contributed by atoms with Gasteiger partial charge in [-0.15, -0.1) is 0 Å². The largest absolute Gasteiger partial charge is 0.340 e. The average Bonchev–Trinajstić information content (AvgIpc) is 3.61. The predicted molar refractivity (Wildman–Crippen MR) is 122 cm³/mol. The summed E-state index contributed by atoms with van der Waals surface area (Å²) in [4.78, 5) is 18.7. The highest BCUT2D eigenvalue weighted by atomic mass is 16.2. The van der Waals surface area contributed by atoms with E-state index >= 15 is 0 Å². The van der Waals surface area contributed by atoms with E-state index < -0.39 is 0 Å². The van der Waals surface area contributed by atoms with Crippen molar-refractivity contribution in [2.75, 3.05) is 6.54 Å². The van der Waals surface area contributed by atoms with Crippen molar-refractivity contribution < 1.29 is 4.79 Å². The topological polar surface area (TPSA) is 92.1 Å². The molecule has 8 heteroatoms. The van der Waals surface area contributed by atoms with Gasteiger partial charge in [0, 0.05) is 79.0 Å². The molecule has 0 aromatic carbocycles. The van der Waals surface area contributed by atoms with Crippen molar-refractivity contribution in [2.45, 2.75) is 31.7 Å². The molecule has 4 aromatic heterocycles. The zero-order valence-electron chi connectivity index (χ0n) is 18.5. The minimum atomic E-state index is 0.177. The summed E-state index contributed by atoms with van der Waals surface area (Å²) in [7, 11) is 1.89. The number of carbonyl (C=O) groups excluding carboxylic acids is 1. The van der Waals surface area contributed by atoms with Gasteiger partial charge in [0.2, 0.25) is 5.91 Å². The van der Waals surface area contributed by atoms with Crippen molar-refractivity contribution in [1.82, 2.24) is 29.3 Å². The number of aromatic nitrogens is 5. The Morgan fingerprint density at radius 2 is 1.97 bits per heavy atom. The number of hydrogen-bond donors (Lipinski definition) is 0. The maximum Gasteiger partial charge on any atom is 0.219 e. The molecule has 0 spiro atoms. The highest BCUT2D eigenvalue weighted by Gasteiger charge is 2.46. The summed E-state index contributed by atoms with van der Waals surface area (Å²) in [5, 5.41) is 18.3. The molecule has 1 aliphatic heterocycles. The summed E-state index contributed by atoms with van der Waals surface area (Å²) in [5.74, 6) is 1.06. The second kappa shape index (κ2) is 7.27. The van der Waals surface area contributed by atoms with Gasteiger partial charge in [-0.3, -0.25) is 14.5 Å². The Balaban J connectivity index is 1.38. The van der Waals surface area contributed by atoms with E-state index in [-0.39, 0.29) is 5.91 Å². The molecule has 1 saturated carbocycles. The first-order chi connectivity index (χ1) is 16.0. The molecule has 2 aliphatic rings. The maximum atomic E-state index is 11.8. The maximum absolute atomic E-state index is 11.8. The average molecular weight is 438 g/mol. The summed E-state index contributed by atoms with van der Waals surface area (Å²) in [6, 6.07) is 8.88. The van der Waals surface area contributed by atoms with Gasteiger partial charge in [-0.2, -0.15) is 15.5 Å². The number of nitriles is 1. The molecule has 2 bridgehead atoms. The van der Waals surface area contributed by atoms with E-state index in [2.05, 4.69) is 34.5 Å². The standard InChI is InChI=1S/C25H23N7O/c1-15(33)31-13-18-5-21(31)7-22(18)24-4-3-16(9-27-24)23-6-17(20-11-28-30(2)12-20)14-32-25(23)19(8-26)10-29-32/h3-4,6,9-12,14,18,21-22H,5,7,13H2,1-2H3. The van der Waals surface area contributed by atoms with Crippen LogP contribution in [0.4, 0.5) is 0 Å². The van der Waals surface area contributed by atoms with Gasteiger partial charge in [-0.25, -0.2) is 4.52 Å². The number of likely N-dealkylation sites (tertiary alicyclic amines) is 1. The van der Waals surface area contributed by atoms with Crippen LogP contribution in [0.15, 0.2) is 49.2 Å². The molecule has 33 heavy (non-hydrogen) atoms. The van der Waals surface area contributed by atoms with Gasteiger partial charge in [0.1, 0.15) is 6.07 Å². The lowest BCUT2D eigenvalue weighted by molar-refractivity contribution is -0.130. The quantitative estimate of drug-likeness (QED) is 0.490. The molecule has 8 nitrogen and oxygen atoms in total. The minimum Gasteiger partial charge on any atom is -0.340 e. The Labute approximate surface area is 191 Å². The predicted octanol–water partition coefficient (Wildman–Crippen LogP) is 3.39. The Morgan fingerprint density at radius 1 is 1.09 bits per heavy atom. The first kappa shape index (κ1) is 19.7. The van der Waals surface area contributed by atoms with Crippen molar-refractivity contribution in [3.05, 3.63) is 60.4 Å². The van der Waals surface area contributed by atoms with Crippen molar-refractivity contribution in [3.8, 4) is 28.3 Å². The monoisotopic (exact) mass is 437 g/mol. The lowest BCUT2D eigenvalue weighted by Gasteiger charge is -2.30. The molecular formula is C25H23N7O. The van der Waals surface area contributed by atoms with Gasteiger partial charge in [-0.05, 0) is 30.9 Å². The SMILES string of the molecule is CC(=O)N1CC2CC1CC2c1ccc(-c2cc(-c3cnn(C)c3)cn3ncc(C#N)c23)cn1. The molecule has 6 rings (SSSR count). The zero-order chi connectivity index (χ0) is 22.7. The third-order valence-electron chi connectivity index (χ3n) is 7.19. The summed E-state index contributed by atoms with van der Waals surface area (Å²) < 4.78 is 3.53. The van der Waals surface area contributed by atoms with Crippen LogP contribution < -0.4 is 0 Å². The van der Waals surface area contributed by atoms with E-state index in [9.17, 15) is 10.1 Å². The molecule has 1 saturated heterocycles. The summed E-state index contributed by atoms with van der Waals surface area (Å²) in [6.07, 6.45) is 11.3. The van der Waals surface area contributed by atoms with Crippen LogP contribution in [0.3, 0.4) is 0 Å². The van der Waals surface area contributed by atoms with E-state index in [1.54, 1.807) is 22.3 Å². The van der Waals surface area contributed by atoms with E-state index in [0.717, 1.165) is 52.9 Å². The third-order valence-corrected chi connectivity index (χ3v) is 7.19. The smallest absolute Gasteiger partial charge is 0.219 e. The molecule has 3 atom stereocenters. The molecule has 0 N–H and O–H groups in total. The third kappa shape index (κ3) is 3.11. The molecular weight excluding hydrogens is 414 g/mol. The van der Waals surface area contributed by atoms with Crippen LogP contribution in [0.2, 0.25) is 0 Å². The molecule has 2 fully saturated rings. The molecule has 1 amide bonds. The minimum absolute atomic E-state index is 0.177. The van der Waals surface area contributed by atoms with Crippen molar-refractivity contribution >= 4 is 11.4 Å².